The van der Waals surface area contributed by atoms with E-state index in [0.29, 0.717) is 28.5 Å². The summed E-state index contributed by atoms with van der Waals surface area (Å²) in [5.74, 6) is 0.554. The Balaban J connectivity index is 1.49. The Labute approximate surface area is 175 Å². The minimum atomic E-state index is -0.227. The van der Waals surface area contributed by atoms with Crippen molar-refractivity contribution in [2.75, 3.05) is 11.9 Å². The molecular weight excluding hydrogens is 380 g/mol. The minimum Gasteiger partial charge on any atom is -0.349 e. The molecule has 0 radical (unpaired) electrons. The Bertz CT molecular complexity index is 1070. The van der Waals surface area contributed by atoms with Gasteiger partial charge in [-0.25, -0.2) is 15.0 Å². The van der Waals surface area contributed by atoms with Crippen molar-refractivity contribution in [3.05, 3.63) is 48.5 Å². The summed E-state index contributed by atoms with van der Waals surface area (Å²) in [7, 11) is 0. The molecule has 30 heavy (non-hydrogen) atoms. The first kappa shape index (κ1) is 19.1. The fourth-order valence-electron chi connectivity index (χ4n) is 4.93. The van der Waals surface area contributed by atoms with E-state index in [9.17, 15) is 4.79 Å². The van der Waals surface area contributed by atoms with E-state index in [1.165, 1.54) is 6.33 Å². The average Bonchev–Trinajstić information content (AvgIpc) is 3.25. The second kappa shape index (κ2) is 7.45. The van der Waals surface area contributed by atoms with Crippen LogP contribution in [0.25, 0.3) is 11.2 Å². The summed E-state index contributed by atoms with van der Waals surface area (Å²) in [4.78, 5) is 25.9. The number of ether oxygens (including phenoxy) is 1. The third-order valence-corrected chi connectivity index (χ3v) is 6.69. The molecule has 2 saturated heterocycles. The van der Waals surface area contributed by atoms with Crippen molar-refractivity contribution in [1.82, 2.24) is 24.8 Å². The first-order chi connectivity index (χ1) is 14.6. The van der Waals surface area contributed by atoms with Crippen LogP contribution in [0, 0.1) is 5.92 Å². The quantitative estimate of drug-likeness (QED) is 0.691. The van der Waals surface area contributed by atoms with Crippen LogP contribution in [0.2, 0.25) is 0 Å². The van der Waals surface area contributed by atoms with E-state index in [1.807, 2.05) is 22.8 Å². The molecule has 1 amide bonds. The summed E-state index contributed by atoms with van der Waals surface area (Å²) >= 11 is 0. The molecule has 2 N–H and O–H groups in total. The first-order valence-electron chi connectivity index (χ1n) is 10.6. The van der Waals surface area contributed by atoms with Gasteiger partial charge >= 0.3 is 0 Å². The molecule has 4 atom stereocenters. The van der Waals surface area contributed by atoms with Gasteiger partial charge in [-0.1, -0.05) is 32.0 Å². The number of nitrogens with zero attached hydrogens (tertiary/aromatic N) is 4. The second-order valence-corrected chi connectivity index (χ2v) is 8.17. The van der Waals surface area contributed by atoms with Crippen molar-refractivity contribution in [2.45, 2.75) is 51.0 Å². The lowest BCUT2D eigenvalue weighted by atomic mass is 9.82. The SMILES string of the molecule is CC[C@@]12CCCN[C@@H]([C@H](n3cnc4c(NC(=O)c5ccccc5)ncnc43)O1)[C@@H]2C. The lowest BCUT2D eigenvalue weighted by Gasteiger charge is -2.31. The number of benzene rings is 1. The van der Waals surface area contributed by atoms with Crippen LogP contribution in [-0.4, -0.2) is 43.6 Å². The van der Waals surface area contributed by atoms with E-state index in [0.717, 1.165) is 25.8 Å². The van der Waals surface area contributed by atoms with Crippen LogP contribution in [0.3, 0.4) is 0 Å². The molecule has 1 aromatic carbocycles. The summed E-state index contributed by atoms with van der Waals surface area (Å²) in [6, 6.07) is 9.24. The molecule has 8 nitrogen and oxygen atoms in total. The van der Waals surface area contributed by atoms with Gasteiger partial charge in [0.2, 0.25) is 0 Å². The van der Waals surface area contributed by atoms with Crippen LogP contribution in [0.5, 0.6) is 0 Å². The number of nitrogens with one attached hydrogen (secondary N) is 2. The molecular formula is C22H26N6O2. The highest BCUT2D eigenvalue weighted by Gasteiger charge is 2.53. The summed E-state index contributed by atoms with van der Waals surface area (Å²) in [5.41, 5.74) is 1.65. The van der Waals surface area contributed by atoms with Gasteiger partial charge in [-0.15, -0.1) is 0 Å². The normalized spacial score (nSPS) is 28.4. The molecule has 3 aromatic rings. The summed E-state index contributed by atoms with van der Waals surface area (Å²) in [5, 5.41) is 6.53. The van der Waals surface area contributed by atoms with Crippen LogP contribution in [0.1, 0.15) is 49.7 Å². The lowest BCUT2D eigenvalue weighted by Crippen LogP contribution is -2.39. The van der Waals surface area contributed by atoms with Gasteiger partial charge in [-0.05, 0) is 37.9 Å². The molecule has 0 spiro atoms. The van der Waals surface area contributed by atoms with E-state index < -0.39 is 0 Å². The van der Waals surface area contributed by atoms with Gasteiger partial charge in [0.05, 0.1) is 18.0 Å². The van der Waals surface area contributed by atoms with Crippen LogP contribution >= 0.6 is 0 Å². The number of imidazole rings is 1. The van der Waals surface area contributed by atoms with E-state index in [4.69, 9.17) is 4.74 Å². The van der Waals surface area contributed by atoms with Crippen molar-refractivity contribution in [3.63, 3.8) is 0 Å². The van der Waals surface area contributed by atoms with Crippen LogP contribution in [0.15, 0.2) is 43.0 Å². The maximum atomic E-state index is 12.6. The first-order valence-corrected chi connectivity index (χ1v) is 10.6. The number of hydrogen-bond acceptors (Lipinski definition) is 6. The maximum absolute atomic E-state index is 12.6. The monoisotopic (exact) mass is 406 g/mol. The van der Waals surface area contributed by atoms with Crippen LogP contribution < -0.4 is 10.6 Å². The number of aromatic nitrogens is 4. The third kappa shape index (κ3) is 2.98. The molecule has 8 heteroatoms. The zero-order valence-corrected chi connectivity index (χ0v) is 17.2. The molecule has 4 heterocycles. The second-order valence-electron chi connectivity index (χ2n) is 8.17. The highest BCUT2D eigenvalue weighted by atomic mass is 16.5. The largest absolute Gasteiger partial charge is 0.349 e. The molecule has 5 rings (SSSR count). The molecule has 2 aliphatic heterocycles. The van der Waals surface area contributed by atoms with E-state index in [2.05, 4.69) is 39.4 Å². The van der Waals surface area contributed by atoms with Gasteiger partial charge in [-0.2, -0.15) is 0 Å². The van der Waals surface area contributed by atoms with E-state index in [-0.39, 0.29) is 23.8 Å². The number of carbonyl (C=O) groups is 1. The van der Waals surface area contributed by atoms with Crippen molar-refractivity contribution >= 4 is 22.9 Å². The molecule has 0 unspecified atom stereocenters. The number of hydrogen-bond donors (Lipinski definition) is 2. The van der Waals surface area contributed by atoms with Crippen molar-refractivity contribution in [2.24, 2.45) is 5.92 Å². The Morgan fingerprint density at radius 2 is 2.13 bits per heavy atom. The van der Waals surface area contributed by atoms with E-state index in [1.54, 1.807) is 18.5 Å². The Hall–Kier alpha value is -2.84. The van der Waals surface area contributed by atoms with Gasteiger partial charge in [0.25, 0.3) is 5.91 Å². The number of amides is 1. The number of rotatable bonds is 4. The van der Waals surface area contributed by atoms with Gasteiger partial charge in [-0.3, -0.25) is 9.36 Å². The predicted molar refractivity (Wildman–Crippen MR) is 113 cm³/mol. The highest BCUT2D eigenvalue weighted by Crippen LogP contribution is 2.48. The Morgan fingerprint density at radius 1 is 1.30 bits per heavy atom. The van der Waals surface area contributed by atoms with Crippen molar-refractivity contribution in [3.8, 4) is 0 Å². The summed E-state index contributed by atoms with van der Waals surface area (Å²) < 4.78 is 8.65. The molecule has 2 fully saturated rings. The van der Waals surface area contributed by atoms with Crippen molar-refractivity contribution < 1.29 is 9.53 Å². The third-order valence-electron chi connectivity index (χ3n) is 6.69. The smallest absolute Gasteiger partial charge is 0.256 e. The molecule has 0 aliphatic carbocycles. The Kier molecular flexibility index (Phi) is 4.75. The van der Waals surface area contributed by atoms with Gasteiger partial charge in [0.1, 0.15) is 6.33 Å². The highest BCUT2D eigenvalue weighted by molar-refractivity contribution is 6.06. The zero-order chi connectivity index (χ0) is 20.7. The summed E-state index contributed by atoms with van der Waals surface area (Å²) in [6.07, 6.45) is 6.15. The molecule has 2 bridgehead atoms. The zero-order valence-electron chi connectivity index (χ0n) is 17.2. The number of fused-ring (bicyclic) bond motifs is 3. The van der Waals surface area contributed by atoms with Crippen LogP contribution in [-0.2, 0) is 4.74 Å². The van der Waals surface area contributed by atoms with Gasteiger partial charge in [0.15, 0.2) is 23.2 Å². The fraction of sp³-hybridized carbons (Fsp3) is 0.455. The summed E-state index contributed by atoms with van der Waals surface area (Å²) in [6.45, 7) is 5.45. The number of carbonyl (C=O) groups excluding carboxylic acids is 1. The van der Waals surface area contributed by atoms with Crippen LogP contribution in [0.4, 0.5) is 5.82 Å². The fourth-order valence-corrected chi connectivity index (χ4v) is 4.93. The predicted octanol–water partition coefficient (Wildman–Crippen LogP) is 3.14. The molecule has 0 saturated carbocycles. The molecule has 2 aromatic heterocycles. The average molecular weight is 406 g/mol. The topological polar surface area (TPSA) is 94.0 Å². The molecule has 2 aliphatic rings. The Morgan fingerprint density at radius 3 is 2.93 bits per heavy atom. The number of anilines is 1. The lowest BCUT2D eigenvalue weighted by molar-refractivity contribution is -0.0942. The standard InChI is InChI=1S/C22H26N6O2/c1-3-22-10-7-11-23-16(14(22)2)21(30-22)28-13-26-17-18(24-12-25-19(17)28)27-20(29)15-8-5-4-6-9-15/h4-6,8-9,12-14,16,21,23H,3,7,10-11H2,1-2H3,(H,24,25,27,29)/t14-,16+,21+,22-/m0/s1. The van der Waals surface area contributed by atoms with Gasteiger partial charge < -0.3 is 15.4 Å². The van der Waals surface area contributed by atoms with Crippen molar-refractivity contribution in [1.29, 1.82) is 0 Å². The maximum Gasteiger partial charge on any atom is 0.256 e. The van der Waals surface area contributed by atoms with Gasteiger partial charge in [0, 0.05) is 11.5 Å². The van der Waals surface area contributed by atoms with E-state index >= 15 is 0 Å². The molecule has 156 valence electrons. The minimum absolute atomic E-state index is 0.132.